The van der Waals surface area contributed by atoms with E-state index < -0.39 is 5.97 Å². The summed E-state index contributed by atoms with van der Waals surface area (Å²) < 4.78 is 0. The first-order valence-electron chi connectivity index (χ1n) is 3.80. The highest BCUT2D eigenvalue weighted by molar-refractivity contribution is 6.17. The first-order valence-corrected chi connectivity index (χ1v) is 3.80. The fraction of sp³-hybridized carbons (Fsp3) is 0.111. The molecule has 0 amide bonds. The Hall–Kier alpha value is -1.84. The fourth-order valence-electron chi connectivity index (χ4n) is 1.23. The molecule has 0 aromatic carbocycles. The quantitative estimate of drug-likeness (QED) is 0.694. The van der Waals surface area contributed by atoms with Gasteiger partial charge in [-0.2, -0.15) is 0 Å². The summed E-state index contributed by atoms with van der Waals surface area (Å²) in [6, 6.07) is 1.78. The van der Waals surface area contributed by atoms with E-state index >= 15 is 0 Å². The van der Waals surface area contributed by atoms with Crippen molar-refractivity contribution in [2.45, 2.75) is 6.92 Å². The number of carbonyl (C=O) groups is 1. The van der Waals surface area contributed by atoms with Gasteiger partial charge in [0, 0.05) is 18.0 Å². The summed E-state index contributed by atoms with van der Waals surface area (Å²) >= 11 is 0. The molecule has 0 spiro atoms. The van der Waals surface area contributed by atoms with Crippen LogP contribution < -0.4 is 5.32 Å². The second-order valence-corrected chi connectivity index (χ2v) is 2.86. The van der Waals surface area contributed by atoms with E-state index in [2.05, 4.69) is 10.3 Å². The molecule has 1 aliphatic heterocycles. The van der Waals surface area contributed by atoms with Crippen LogP contribution in [0.2, 0.25) is 0 Å². The maximum absolute atomic E-state index is 10.7. The number of aliphatic carboxylic acids is 1. The molecule has 65 valence electrons. The molecule has 4 nitrogen and oxygen atoms in total. The molecule has 0 bridgehead atoms. The summed E-state index contributed by atoms with van der Waals surface area (Å²) in [6.45, 7) is 1.87. The van der Waals surface area contributed by atoms with E-state index in [9.17, 15) is 4.79 Å². The Bertz CT molecular complexity index is 410. The highest BCUT2D eigenvalue weighted by atomic mass is 16.4. The normalized spacial score (nSPS) is 13.2. The van der Waals surface area contributed by atoms with Crippen LogP contribution in [0.4, 0.5) is 5.82 Å². The molecule has 1 radical (unpaired) electrons. The largest absolute Gasteiger partial charge is 0.478 e. The number of hydrogen-bond donors (Lipinski definition) is 1. The van der Waals surface area contributed by atoms with Crippen LogP contribution in [0.3, 0.4) is 0 Å². The van der Waals surface area contributed by atoms with Crippen molar-refractivity contribution in [1.29, 1.82) is 0 Å². The first-order chi connectivity index (χ1) is 6.18. The number of carboxylic acid groups (broad SMARTS) is 1. The minimum Gasteiger partial charge on any atom is -0.478 e. The van der Waals surface area contributed by atoms with Gasteiger partial charge < -0.3 is 5.11 Å². The third-order valence-corrected chi connectivity index (χ3v) is 1.84. The average Bonchev–Trinajstić information content (AvgIpc) is 2.46. The van der Waals surface area contributed by atoms with E-state index in [1.54, 1.807) is 12.3 Å². The topological polar surface area (TPSA) is 64.3 Å². The molecular formula is C9H7N2O2. The van der Waals surface area contributed by atoms with Gasteiger partial charge in [0.1, 0.15) is 0 Å². The number of rotatable bonds is 1. The second kappa shape index (κ2) is 2.58. The number of fused-ring (bicyclic) bond motifs is 1. The van der Waals surface area contributed by atoms with Gasteiger partial charge in [-0.3, -0.25) is 0 Å². The van der Waals surface area contributed by atoms with Gasteiger partial charge in [-0.15, -0.1) is 0 Å². The van der Waals surface area contributed by atoms with Crippen LogP contribution in [0, 0.1) is 6.92 Å². The lowest BCUT2D eigenvalue weighted by molar-refractivity contribution is -0.130. The van der Waals surface area contributed by atoms with Crippen molar-refractivity contribution in [3.05, 3.63) is 29.6 Å². The molecule has 0 fully saturated rings. The molecule has 1 N–H and O–H groups in total. The molecular weight excluding hydrogens is 168 g/mol. The van der Waals surface area contributed by atoms with Crippen LogP contribution in [0.25, 0.3) is 5.57 Å². The Balaban J connectivity index is 2.54. The molecule has 0 atom stereocenters. The maximum Gasteiger partial charge on any atom is 0.338 e. The van der Waals surface area contributed by atoms with Gasteiger partial charge in [0.2, 0.25) is 0 Å². The van der Waals surface area contributed by atoms with Gasteiger partial charge in [0.05, 0.1) is 5.57 Å². The van der Waals surface area contributed by atoms with Crippen molar-refractivity contribution >= 4 is 17.4 Å². The monoisotopic (exact) mass is 175 g/mol. The number of aromatic nitrogens is 1. The third-order valence-electron chi connectivity index (χ3n) is 1.84. The lowest BCUT2D eigenvalue weighted by atomic mass is 10.1. The van der Waals surface area contributed by atoms with E-state index in [0.29, 0.717) is 11.4 Å². The molecule has 2 rings (SSSR count). The zero-order valence-electron chi connectivity index (χ0n) is 6.98. The van der Waals surface area contributed by atoms with Crippen molar-refractivity contribution in [1.82, 2.24) is 10.3 Å². The minimum atomic E-state index is -0.963. The average molecular weight is 175 g/mol. The summed E-state index contributed by atoms with van der Waals surface area (Å²) in [4.78, 5) is 14.7. The Morgan fingerprint density at radius 3 is 3.00 bits per heavy atom. The zero-order chi connectivity index (χ0) is 9.42. The maximum atomic E-state index is 10.7. The van der Waals surface area contributed by atoms with Crippen molar-refractivity contribution in [2.75, 3.05) is 0 Å². The molecule has 2 heterocycles. The predicted octanol–water partition coefficient (Wildman–Crippen LogP) is 1.07. The summed E-state index contributed by atoms with van der Waals surface area (Å²) in [5.41, 5.74) is 1.75. The van der Waals surface area contributed by atoms with E-state index in [1.165, 1.54) is 6.20 Å². The summed E-state index contributed by atoms with van der Waals surface area (Å²) in [5, 5.41) is 12.7. The number of pyridine rings is 1. The van der Waals surface area contributed by atoms with Crippen LogP contribution >= 0.6 is 0 Å². The van der Waals surface area contributed by atoms with Crippen molar-refractivity contribution in [3.8, 4) is 0 Å². The molecule has 0 unspecified atom stereocenters. The lowest BCUT2D eigenvalue weighted by Crippen LogP contribution is -1.97. The van der Waals surface area contributed by atoms with Crippen molar-refractivity contribution in [2.24, 2.45) is 0 Å². The molecule has 0 saturated heterocycles. The number of aryl methyl sites for hydroxylation is 1. The summed E-state index contributed by atoms with van der Waals surface area (Å²) in [5.74, 6) is -0.474. The van der Waals surface area contributed by atoms with Crippen LogP contribution in [0.15, 0.2) is 18.5 Å². The Morgan fingerprint density at radius 2 is 2.31 bits per heavy atom. The second-order valence-electron chi connectivity index (χ2n) is 2.86. The van der Waals surface area contributed by atoms with E-state index in [0.717, 1.165) is 5.56 Å². The van der Waals surface area contributed by atoms with Crippen LogP contribution in [-0.2, 0) is 4.79 Å². The molecule has 1 aromatic rings. The van der Waals surface area contributed by atoms with Gasteiger partial charge in [-0.1, -0.05) is 0 Å². The Labute approximate surface area is 74.9 Å². The minimum absolute atomic E-state index is 0.214. The highest BCUT2D eigenvalue weighted by Crippen LogP contribution is 2.28. The van der Waals surface area contributed by atoms with Crippen molar-refractivity contribution in [3.63, 3.8) is 0 Å². The fourth-order valence-corrected chi connectivity index (χ4v) is 1.23. The van der Waals surface area contributed by atoms with Gasteiger partial charge in [0.15, 0.2) is 5.82 Å². The number of nitrogens with zero attached hydrogens (tertiary/aromatic N) is 2. The van der Waals surface area contributed by atoms with Gasteiger partial charge in [0.25, 0.3) is 0 Å². The Morgan fingerprint density at radius 1 is 1.54 bits per heavy atom. The van der Waals surface area contributed by atoms with E-state index in [-0.39, 0.29) is 5.57 Å². The summed E-state index contributed by atoms with van der Waals surface area (Å²) in [7, 11) is 0. The predicted molar refractivity (Wildman–Crippen MR) is 46.4 cm³/mol. The number of carboxylic acids is 1. The lowest BCUT2D eigenvalue weighted by Gasteiger charge is -1.99. The van der Waals surface area contributed by atoms with E-state index in [1.807, 2.05) is 6.92 Å². The first kappa shape index (κ1) is 7.79. The van der Waals surface area contributed by atoms with E-state index in [4.69, 9.17) is 5.11 Å². The molecule has 0 saturated carbocycles. The molecule has 13 heavy (non-hydrogen) atoms. The smallest absolute Gasteiger partial charge is 0.338 e. The van der Waals surface area contributed by atoms with Gasteiger partial charge in [-0.25, -0.2) is 15.1 Å². The van der Waals surface area contributed by atoms with Crippen molar-refractivity contribution < 1.29 is 9.90 Å². The third kappa shape index (κ3) is 1.16. The van der Waals surface area contributed by atoms with Crippen LogP contribution in [0.1, 0.15) is 11.1 Å². The van der Waals surface area contributed by atoms with Gasteiger partial charge >= 0.3 is 5.97 Å². The van der Waals surface area contributed by atoms with Gasteiger partial charge in [-0.05, 0) is 18.6 Å². The summed E-state index contributed by atoms with van der Waals surface area (Å²) in [6.07, 6.45) is 3.00. The zero-order valence-corrected chi connectivity index (χ0v) is 6.98. The van der Waals surface area contributed by atoms with Crippen LogP contribution in [0.5, 0.6) is 0 Å². The highest BCUT2D eigenvalue weighted by Gasteiger charge is 2.21. The molecule has 1 aliphatic rings. The SMILES string of the molecule is Cc1cnc2c(c1)C(C(=O)O)=C[N]2. The standard InChI is InChI=1S/C9H7N2O2/c1-5-2-6-7(9(12)13)4-11-8(6)10-3-5/h2-4H,1H3,(H,12,13). The number of hydrogen-bond acceptors (Lipinski definition) is 2. The molecule has 0 aliphatic carbocycles. The molecule has 1 aromatic heterocycles. The van der Waals surface area contributed by atoms with Crippen LogP contribution in [-0.4, -0.2) is 16.1 Å². The molecule has 4 heteroatoms. The Kier molecular flexibility index (Phi) is 1.55.